The fourth-order valence-electron chi connectivity index (χ4n) is 2.12. The van der Waals surface area contributed by atoms with Gasteiger partial charge in [-0.15, -0.1) is 0 Å². The fraction of sp³-hybridized carbons (Fsp3) is 0.389. The van der Waals surface area contributed by atoms with Crippen LogP contribution in [-0.4, -0.2) is 4.98 Å². The average Bonchev–Trinajstić information content (AvgIpc) is 2.48. The van der Waals surface area contributed by atoms with E-state index in [1.807, 2.05) is 31.2 Å². The molecule has 0 aliphatic carbocycles. The van der Waals surface area contributed by atoms with E-state index in [4.69, 9.17) is 10.5 Å². The van der Waals surface area contributed by atoms with Crippen molar-refractivity contribution < 1.29 is 4.74 Å². The third-order valence-electron chi connectivity index (χ3n) is 4.03. The summed E-state index contributed by atoms with van der Waals surface area (Å²) in [5.74, 6) is 1.36. The van der Waals surface area contributed by atoms with Crippen LogP contribution in [0.4, 0.5) is 0 Å². The van der Waals surface area contributed by atoms with Crippen LogP contribution in [-0.2, 0) is 5.41 Å². The Morgan fingerprint density at radius 3 is 2.43 bits per heavy atom. The molecule has 3 heteroatoms. The summed E-state index contributed by atoms with van der Waals surface area (Å²) in [6.07, 6.45) is 2.82. The smallest absolute Gasteiger partial charge is 0.223 e. The van der Waals surface area contributed by atoms with Gasteiger partial charge in [-0.1, -0.05) is 39.0 Å². The molecule has 2 N–H and O–H groups in total. The lowest BCUT2D eigenvalue weighted by Crippen LogP contribution is -2.15. The lowest BCUT2D eigenvalue weighted by atomic mass is 9.82. The maximum atomic E-state index is 5.95. The van der Waals surface area contributed by atoms with E-state index >= 15 is 0 Å². The molecule has 1 unspecified atom stereocenters. The minimum Gasteiger partial charge on any atom is -0.439 e. The summed E-state index contributed by atoms with van der Waals surface area (Å²) in [5, 5.41) is 0. The van der Waals surface area contributed by atoms with E-state index in [-0.39, 0.29) is 11.5 Å². The number of nitrogens with two attached hydrogens (primary N) is 1. The molecule has 1 atom stereocenters. The van der Waals surface area contributed by atoms with Crippen LogP contribution in [0.5, 0.6) is 11.6 Å². The van der Waals surface area contributed by atoms with E-state index < -0.39 is 0 Å². The highest BCUT2D eigenvalue weighted by atomic mass is 16.5. The molecule has 0 aliphatic heterocycles. The molecule has 0 amide bonds. The van der Waals surface area contributed by atoms with Gasteiger partial charge < -0.3 is 10.5 Å². The third kappa shape index (κ3) is 3.61. The van der Waals surface area contributed by atoms with Crippen molar-refractivity contribution in [2.45, 2.75) is 45.6 Å². The Balaban J connectivity index is 2.22. The van der Waals surface area contributed by atoms with Crippen molar-refractivity contribution in [3.8, 4) is 11.6 Å². The van der Waals surface area contributed by atoms with Crippen LogP contribution in [0.2, 0.25) is 0 Å². The van der Waals surface area contributed by atoms with Gasteiger partial charge in [-0.25, -0.2) is 4.98 Å². The molecule has 0 spiro atoms. The lowest BCUT2D eigenvalue weighted by Gasteiger charge is -2.23. The Hall–Kier alpha value is -1.87. The minimum absolute atomic E-state index is 0.105. The van der Waals surface area contributed by atoms with E-state index in [1.165, 1.54) is 5.56 Å². The summed E-state index contributed by atoms with van der Waals surface area (Å²) < 4.78 is 5.88. The second-order valence-electron chi connectivity index (χ2n) is 6.05. The van der Waals surface area contributed by atoms with E-state index in [0.29, 0.717) is 5.88 Å². The topological polar surface area (TPSA) is 48.1 Å². The van der Waals surface area contributed by atoms with Gasteiger partial charge >= 0.3 is 0 Å². The molecule has 112 valence electrons. The molecule has 0 radical (unpaired) electrons. The van der Waals surface area contributed by atoms with Crippen LogP contribution in [0.3, 0.4) is 0 Å². The van der Waals surface area contributed by atoms with Crippen LogP contribution >= 0.6 is 0 Å². The monoisotopic (exact) mass is 284 g/mol. The van der Waals surface area contributed by atoms with Crippen molar-refractivity contribution in [2.75, 3.05) is 0 Å². The molecule has 0 saturated carbocycles. The molecule has 0 fully saturated rings. The number of aromatic nitrogens is 1. The maximum absolute atomic E-state index is 5.95. The first-order valence-corrected chi connectivity index (χ1v) is 7.43. The highest BCUT2D eigenvalue weighted by Crippen LogP contribution is 2.30. The maximum Gasteiger partial charge on any atom is 0.223 e. The molecular weight excluding hydrogens is 260 g/mol. The van der Waals surface area contributed by atoms with Gasteiger partial charge in [0, 0.05) is 17.8 Å². The van der Waals surface area contributed by atoms with E-state index in [2.05, 4.69) is 37.9 Å². The number of nitrogens with zero attached hydrogens (tertiary/aromatic N) is 1. The molecule has 1 heterocycles. The van der Waals surface area contributed by atoms with Gasteiger partial charge in [-0.2, -0.15) is 0 Å². The standard InChI is InChI=1S/C18H24N2O/c1-5-18(3,4)14-8-10-15(11-9-14)21-17-16(13(2)19)7-6-12-20-17/h6-13H,5,19H2,1-4H3. The average molecular weight is 284 g/mol. The normalized spacial score (nSPS) is 13.0. The predicted octanol–water partition coefficient (Wildman–Crippen LogP) is 4.58. The highest BCUT2D eigenvalue weighted by Gasteiger charge is 2.18. The molecule has 0 aliphatic rings. The Morgan fingerprint density at radius 1 is 1.19 bits per heavy atom. The fourth-order valence-corrected chi connectivity index (χ4v) is 2.12. The Morgan fingerprint density at radius 2 is 1.86 bits per heavy atom. The number of rotatable bonds is 5. The van der Waals surface area contributed by atoms with Gasteiger partial charge in [0.2, 0.25) is 5.88 Å². The van der Waals surface area contributed by atoms with Crippen molar-refractivity contribution in [3.63, 3.8) is 0 Å². The van der Waals surface area contributed by atoms with Gasteiger partial charge in [0.05, 0.1) is 0 Å². The molecule has 2 rings (SSSR count). The summed E-state index contributed by atoms with van der Waals surface area (Å²) in [5.41, 5.74) is 8.35. The van der Waals surface area contributed by atoms with E-state index in [0.717, 1.165) is 17.7 Å². The predicted molar refractivity (Wildman–Crippen MR) is 86.7 cm³/mol. The van der Waals surface area contributed by atoms with Gasteiger partial charge in [0.1, 0.15) is 5.75 Å². The van der Waals surface area contributed by atoms with Crippen molar-refractivity contribution in [2.24, 2.45) is 5.73 Å². The van der Waals surface area contributed by atoms with Gasteiger partial charge in [-0.05, 0) is 42.5 Å². The van der Waals surface area contributed by atoms with Crippen molar-refractivity contribution in [3.05, 3.63) is 53.7 Å². The Labute approximate surface area is 127 Å². The quantitative estimate of drug-likeness (QED) is 0.874. The zero-order chi connectivity index (χ0) is 15.5. The lowest BCUT2D eigenvalue weighted by molar-refractivity contribution is 0.450. The number of hydrogen-bond acceptors (Lipinski definition) is 3. The second kappa shape index (κ2) is 6.27. The third-order valence-corrected chi connectivity index (χ3v) is 4.03. The number of benzene rings is 1. The number of ether oxygens (including phenoxy) is 1. The molecule has 21 heavy (non-hydrogen) atoms. The Bertz CT molecular complexity index is 588. The Kier molecular flexibility index (Phi) is 4.63. The van der Waals surface area contributed by atoms with Crippen LogP contribution in [0, 0.1) is 0 Å². The van der Waals surface area contributed by atoms with Gasteiger partial charge in [-0.3, -0.25) is 0 Å². The first-order chi connectivity index (χ1) is 9.94. The molecule has 1 aromatic heterocycles. The summed E-state index contributed by atoms with van der Waals surface area (Å²) in [6, 6.07) is 11.9. The molecule has 2 aromatic rings. The van der Waals surface area contributed by atoms with E-state index in [9.17, 15) is 0 Å². The van der Waals surface area contributed by atoms with Crippen molar-refractivity contribution in [1.82, 2.24) is 4.98 Å². The van der Waals surface area contributed by atoms with Gasteiger partial charge in [0.15, 0.2) is 0 Å². The first-order valence-electron chi connectivity index (χ1n) is 7.43. The zero-order valence-corrected chi connectivity index (χ0v) is 13.3. The van der Waals surface area contributed by atoms with Crippen molar-refractivity contribution in [1.29, 1.82) is 0 Å². The van der Waals surface area contributed by atoms with E-state index in [1.54, 1.807) is 6.20 Å². The first kappa shape index (κ1) is 15.5. The number of pyridine rings is 1. The summed E-state index contributed by atoms with van der Waals surface area (Å²) in [7, 11) is 0. The van der Waals surface area contributed by atoms with Crippen molar-refractivity contribution >= 4 is 0 Å². The van der Waals surface area contributed by atoms with Crippen LogP contribution in [0.25, 0.3) is 0 Å². The highest BCUT2D eigenvalue weighted by molar-refractivity contribution is 5.36. The minimum atomic E-state index is -0.105. The SMILES string of the molecule is CCC(C)(C)c1ccc(Oc2ncccc2C(C)N)cc1. The second-order valence-corrected chi connectivity index (χ2v) is 6.05. The van der Waals surface area contributed by atoms with Crippen LogP contribution in [0.1, 0.15) is 51.3 Å². The zero-order valence-electron chi connectivity index (χ0n) is 13.3. The molecule has 3 nitrogen and oxygen atoms in total. The van der Waals surface area contributed by atoms with Crippen LogP contribution in [0.15, 0.2) is 42.6 Å². The number of hydrogen-bond donors (Lipinski definition) is 1. The van der Waals surface area contributed by atoms with Gasteiger partial charge in [0.25, 0.3) is 0 Å². The van der Waals surface area contributed by atoms with Crippen LogP contribution < -0.4 is 10.5 Å². The summed E-state index contributed by atoms with van der Waals surface area (Å²) >= 11 is 0. The largest absolute Gasteiger partial charge is 0.439 e. The molecule has 1 aromatic carbocycles. The summed E-state index contributed by atoms with van der Waals surface area (Å²) in [4.78, 5) is 4.28. The summed E-state index contributed by atoms with van der Waals surface area (Å²) in [6.45, 7) is 8.62. The molecule has 0 bridgehead atoms. The molecule has 0 saturated heterocycles. The molecular formula is C18H24N2O.